The summed E-state index contributed by atoms with van der Waals surface area (Å²) in [4.78, 5) is 24.3. The van der Waals surface area contributed by atoms with Crippen LogP contribution in [0.1, 0.15) is 28.4 Å². The normalized spacial score (nSPS) is 13.5. The molecule has 2 aromatic carbocycles. The van der Waals surface area contributed by atoms with Gasteiger partial charge >= 0.3 is 5.97 Å². The van der Waals surface area contributed by atoms with Crippen molar-refractivity contribution in [2.45, 2.75) is 13.3 Å². The van der Waals surface area contributed by atoms with Crippen LogP contribution in [0.5, 0.6) is 0 Å². The van der Waals surface area contributed by atoms with Crippen LogP contribution in [0.4, 0.5) is 5.69 Å². The van der Waals surface area contributed by atoms with Gasteiger partial charge in [-0.1, -0.05) is 29.3 Å². The number of fused-ring (bicyclic) bond motifs is 1. The van der Waals surface area contributed by atoms with E-state index in [0.717, 1.165) is 5.56 Å². The van der Waals surface area contributed by atoms with Crippen LogP contribution in [0.25, 0.3) is 6.08 Å². The van der Waals surface area contributed by atoms with Gasteiger partial charge in [0.15, 0.2) is 12.4 Å². The van der Waals surface area contributed by atoms with E-state index in [-0.39, 0.29) is 11.5 Å². The summed E-state index contributed by atoms with van der Waals surface area (Å²) < 4.78 is 30.7. The van der Waals surface area contributed by atoms with Crippen molar-refractivity contribution in [3.05, 3.63) is 69.2 Å². The molecular formula is C21H19Cl2NO5S. The minimum Gasteiger partial charge on any atom is -0.454 e. The first-order chi connectivity index (χ1) is 14.2. The standard InChI is InChI=1S/C21H19Cl2NO5S/c1-2-30(27,28)24-10-9-15-12-16(5-7-19(15)24)20(25)13-29-21(26)8-4-14-3-6-17(22)18(23)11-14/h3-8,11-12H,2,9-10,13H2,1H3/b8-4+. The molecule has 1 aliphatic rings. The third kappa shape index (κ3) is 5.03. The van der Waals surface area contributed by atoms with E-state index in [9.17, 15) is 18.0 Å². The first kappa shape index (κ1) is 22.3. The Balaban J connectivity index is 1.61. The lowest BCUT2D eigenvalue weighted by Crippen LogP contribution is -2.30. The van der Waals surface area contributed by atoms with Crippen molar-refractivity contribution in [1.82, 2.24) is 0 Å². The van der Waals surface area contributed by atoms with E-state index in [1.807, 2.05) is 0 Å². The van der Waals surface area contributed by atoms with Gasteiger partial charge in [0.05, 0.1) is 21.5 Å². The average Bonchev–Trinajstić information content (AvgIpc) is 3.17. The molecule has 0 radical (unpaired) electrons. The summed E-state index contributed by atoms with van der Waals surface area (Å²) in [7, 11) is -3.34. The van der Waals surface area contributed by atoms with Crippen molar-refractivity contribution in [1.29, 1.82) is 0 Å². The van der Waals surface area contributed by atoms with Crippen molar-refractivity contribution in [3.8, 4) is 0 Å². The molecule has 0 saturated heterocycles. The first-order valence-corrected chi connectivity index (χ1v) is 11.5. The number of carbonyl (C=O) groups excluding carboxylic acids is 2. The van der Waals surface area contributed by atoms with Crippen LogP contribution in [0.3, 0.4) is 0 Å². The smallest absolute Gasteiger partial charge is 0.331 e. The molecule has 30 heavy (non-hydrogen) atoms. The van der Waals surface area contributed by atoms with Crippen molar-refractivity contribution >= 4 is 56.7 Å². The highest BCUT2D eigenvalue weighted by Gasteiger charge is 2.28. The highest BCUT2D eigenvalue weighted by atomic mass is 35.5. The Labute approximate surface area is 185 Å². The van der Waals surface area contributed by atoms with Crippen molar-refractivity contribution in [2.24, 2.45) is 0 Å². The summed E-state index contributed by atoms with van der Waals surface area (Å²) in [6.07, 6.45) is 3.23. The predicted octanol–water partition coefficient (Wildman–Crippen LogP) is 4.14. The van der Waals surface area contributed by atoms with Gasteiger partial charge in [-0.3, -0.25) is 9.10 Å². The number of hydrogen-bond acceptors (Lipinski definition) is 5. The quantitative estimate of drug-likeness (QED) is 0.347. The Hall–Kier alpha value is -2.35. The average molecular weight is 468 g/mol. The van der Waals surface area contributed by atoms with Crippen molar-refractivity contribution in [2.75, 3.05) is 23.2 Å². The number of anilines is 1. The molecule has 6 nitrogen and oxygen atoms in total. The molecule has 2 aromatic rings. The summed E-state index contributed by atoms with van der Waals surface area (Å²) >= 11 is 11.8. The lowest BCUT2D eigenvalue weighted by atomic mass is 10.1. The fourth-order valence-electron chi connectivity index (χ4n) is 3.04. The maximum absolute atomic E-state index is 12.4. The van der Waals surface area contributed by atoms with E-state index >= 15 is 0 Å². The van der Waals surface area contributed by atoms with Crippen molar-refractivity contribution < 1.29 is 22.7 Å². The van der Waals surface area contributed by atoms with Gasteiger partial charge in [-0.2, -0.15) is 0 Å². The van der Waals surface area contributed by atoms with Crippen LogP contribution >= 0.6 is 23.2 Å². The minimum atomic E-state index is -3.34. The van der Waals surface area contributed by atoms with Gasteiger partial charge in [0.25, 0.3) is 0 Å². The lowest BCUT2D eigenvalue weighted by molar-refractivity contribution is -0.136. The molecule has 9 heteroatoms. The Morgan fingerprint density at radius 3 is 2.60 bits per heavy atom. The highest BCUT2D eigenvalue weighted by molar-refractivity contribution is 7.92. The fourth-order valence-corrected chi connectivity index (χ4v) is 4.50. The Morgan fingerprint density at radius 1 is 1.13 bits per heavy atom. The first-order valence-electron chi connectivity index (χ1n) is 9.17. The number of Topliss-reactive ketones (excluding diaryl/α,β-unsaturated/α-hetero) is 1. The topological polar surface area (TPSA) is 80.8 Å². The van der Waals surface area contributed by atoms with E-state index in [0.29, 0.717) is 39.8 Å². The number of rotatable bonds is 7. The number of nitrogens with zero attached hydrogens (tertiary/aromatic N) is 1. The number of benzene rings is 2. The summed E-state index contributed by atoms with van der Waals surface area (Å²) in [5.41, 5.74) is 2.40. The van der Waals surface area contributed by atoms with Crippen LogP contribution in [0, 0.1) is 0 Å². The second kappa shape index (κ2) is 9.20. The molecule has 3 rings (SSSR count). The highest BCUT2D eigenvalue weighted by Crippen LogP contribution is 2.31. The van der Waals surface area contributed by atoms with E-state index in [1.165, 1.54) is 16.5 Å². The SMILES string of the molecule is CCS(=O)(=O)N1CCc2cc(C(=O)COC(=O)/C=C/c3ccc(Cl)c(Cl)c3)ccc21. The molecular weight excluding hydrogens is 449 g/mol. The van der Waals surface area contributed by atoms with E-state index in [2.05, 4.69) is 0 Å². The maximum Gasteiger partial charge on any atom is 0.331 e. The van der Waals surface area contributed by atoms with Crippen LogP contribution < -0.4 is 4.31 Å². The largest absolute Gasteiger partial charge is 0.454 e. The molecule has 0 aromatic heterocycles. The third-order valence-corrected chi connectivity index (χ3v) is 7.18. The van der Waals surface area contributed by atoms with Crippen LogP contribution in [0.2, 0.25) is 10.0 Å². The zero-order valence-electron chi connectivity index (χ0n) is 16.1. The summed E-state index contributed by atoms with van der Waals surface area (Å²) in [6, 6.07) is 9.72. The molecule has 0 atom stereocenters. The molecule has 0 fully saturated rings. The fraction of sp³-hybridized carbons (Fsp3) is 0.238. The number of hydrogen-bond donors (Lipinski definition) is 0. The number of esters is 1. The monoisotopic (exact) mass is 467 g/mol. The van der Waals surface area contributed by atoms with E-state index < -0.39 is 22.6 Å². The molecule has 0 aliphatic carbocycles. The van der Waals surface area contributed by atoms with Gasteiger partial charge in [0.1, 0.15) is 0 Å². The molecule has 0 saturated carbocycles. The molecule has 1 aliphatic heterocycles. The number of ether oxygens (including phenoxy) is 1. The number of ketones is 1. The van der Waals surface area contributed by atoms with E-state index in [4.69, 9.17) is 27.9 Å². The molecule has 0 unspecified atom stereocenters. The van der Waals surface area contributed by atoms with Gasteiger partial charge in [-0.15, -0.1) is 0 Å². The van der Waals surface area contributed by atoms with Crippen LogP contribution in [-0.4, -0.2) is 39.1 Å². The maximum atomic E-state index is 12.4. The third-order valence-electron chi connectivity index (χ3n) is 4.66. The predicted molar refractivity (Wildman–Crippen MR) is 118 cm³/mol. The molecule has 158 valence electrons. The molecule has 0 spiro atoms. The molecule has 1 heterocycles. The van der Waals surface area contributed by atoms with E-state index in [1.54, 1.807) is 43.3 Å². The number of carbonyl (C=O) groups is 2. The second-order valence-electron chi connectivity index (χ2n) is 6.60. The number of sulfonamides is 1. The second-order valence-corrected chi connectivity index (χ2v) is 9.60. The van der Waals surface area contributed by atoms with Gasteiger partial charge in [-0.05, 0) is 60.9 Å². The van der Waals surface area contributed by atoms with Crippen LogP contribution in [-0.2, 0) is 26.0 Å². The number of halogens is 2. The Bertz CT molecular complexity index is 1130. The lowest BCUT2D eigenvalue weighted by Gasteiger charge is -2.18. The van der Waals surface area contributed by atoms with Gasteiger partial charge in [-0.25, -0.2) is 13.2 Å². The van der Waals surface area contributed by atoms with Crippen LogP contribution in [0.15, 0.2) is 42.5 Å². The Morgan fingerprint density at radius 2 is 1.90 bits per heavy atom. The molecule has 0 bridgehead atoms. The van der Waals surface area contributed by atoms with Crippen molar-refractivity contribution in [3.63, 3.8) is 0 Å². The zero-order valence-corrected chi connectivity index (χ0v) is 18.4. The van der Waals surface area contributed by atoms with Gasteiger partial charge in [0, 0.05) is 18.2 Å². The Kier molecular flexibility index (Phi) is 6.85. The molecule has 0 amide bonds. The summed E-state index contributed by atoms with van der Waals surface area (Å²) in [6.45, 7) is 1.54. The summed E-state index contributed by atoms with van der Waals surface area (Å²) in [5, 5.41) is 0.774. The minimum absolute atomic E-state index is 0.0127. The summed E-state index contributed by atoms with van der Waals surface area (Å²) in [5.74, 6) is -1.03. The zero-order chi connectivity index (χ0) is 21.9. The van der Waals surface area contributed by atoms with Gasteiger partial charge < -0.3 is 4.74 Å². The molecule has 0 N–H and O–H groups in total. The van der Waals surface area contributed by atoms with Gasteiger partial charge in [0.2, 0.25) is 10.0 Å².